The summed E-state index contributed by atoms with van der Waals surface area (Å²) in [6.07, 6.45) is 0.566. The van der Waals surface area contributed by atoms with Gasteiger partial charge in [-0.15, -0.1) is 0 Å². The molecule has 0 radical (unpaired) electrons. The second-order valence-corrected chi connectivity index (χ2v) is 3.95. The van der Waals surface area contributed by atoms with Crippen molar-refractivity contribution in [3.05, 3.63) is 11.6 Å². The van der Waals surface area contributed by atoms with E-state index >= 15 is 0 Å². The average molecular weight is 186 g/mol. The van der Waals surface area contributed by atoms with Gasteiger partial charge in [0, 0.05) is 6.42 Å². The minimum Gasteiger partial charge on any atom is -0.390 e. The minimum absolute atomic E-state index is 0.0130. The zero-order valence-corrected chi connectivity index (χ0v) is 8.40. The van der Waals surface area contributed by atoms with Crippen molar-refractivity contribution in [3.63, 3.8) is 0 Å². The second kappa shape index (κ2) is 4.22. The normalized spacial score (nSPS) is 40.1. The van der Waals surface area contributed by atoms with Crippen LogP contribution in [-0.4, -0.2) is 34.6 Å². The summed E-state index contributed by atoms with van der Waals surface area (Å²) in [5.41, 5.74) is 1.09. The van der Waals surface area contributed by atoms with Crippen LogP contribution in [0.5, 0.6) is 0 Å². The van der Waals surface area contributed by atoms with Crippen molar-refractivity contribution >= 4 is 0 Å². The predicted molar refractivity (Wildman–Crippen MR) is 50.4 cm³/mol. The molecule has 1 unspecified atom stereocenters. The van der Waals surface area contributed by atoms with E-state index in [2.05, 4.69) is 0 Å². The largest absolute Gasteiger partial charge is 0.390 e. The fourth-order valence-electron chi connectivity index (χ4n) is 1.57. The molecule has 0 bridgehead atoms. The number of allylic oxidation sites excluding steroid dienone is 1. The van der Waals surface area contributed by atoms with Crippen molar-refractivity contribution < 1.29 is 14.9 Å². The van der Waals surface area contributed by atoms with E-state index in [9.17, 15) is 10.2 Å². The van der Waals surface area contributed by atoms with Crippen LogP contribution in [0.1, 0.15) is 27.2 Å². The third-order valence-corrected chi connectivity index (χ3v) is 2.19. The van der Waals surface area contributed by atoms with Crippen LogP contribution in [0.2, 0.25) is 0 Å². The van der Waals surface area contributed by atoms with Gasteiger partial charge in [0.25, 0.3) is 0 Å². The Hall–Kier alpha value is -0.380. The van der Waals surface area contributed by atoms with Crippen LogP contribution in [0.15, 0.2) is 11.6 Å². The summed E-state index contributed by atoms with van der Waals surface area (Å²) in [5.74, 6) is 0. The van der Waals surface area contributed by atoms with Crippen LogP contribution in [0.3, 0.4) is 0 Å². The molecule has 0 saturated carbocycles. The quantitative estimate of drug-likeness (QED) is 0.597. The zero-order chi connectivity index (χ0) is 10.0. The van der Waals surface area contributed by atoms with Crippen molar-refractivity contribution in [1.82, 2.24) is 0 Å². The van der Waals surface area contributed by atoms with Crippen LogP contribution in [-0.2, 0) is 4.74 Å². The van der Waals surface area contributed by atoms with Gasteiger partial charge in [0.15, 0.2) is 0 Å². The van der Waals surface area contributed by atoms with Crippen molar-refractivity contribution in [3.8, 4) is 0 Å². The first-order valence-electron chi connectivity index (χ1n) is 4.67. The van der Waals surface area contributed by atoms with Gasteiger partial charge in [0.05, 0.1) is 12.2 Å². The molecule has 3 nitrogen and oxygen atoms in total. The molecule has 1 rings (SSSR count). The maximum atomic E-state index is 9.58. The number of rotatable bonds is 1. The second-order valence-electron chi connectivity index (χ2n) is 3.95. The molecular weight excluding hydrogens is 168 g/mol. The van der Waals surface area contributed by atoms with Gasteiger partial charge in [-0.1, -0.05) is 11.6 Å². The standard InChI is InChI=1S/C10H18O3/c1-6(2)4-9-10(12)8(11)5-7(3)13-9/h4,7-12H,5H2,1-3H3/t7?,8-,9-,10-/m1/s1. The summed E-state index contributed by atoms with van der Waals surface area (Å²) in [6, 6.07) is 0. The Kier molecular flexibility index (Phi) is 3.47. The molecule has 1 saturated heterocycles. The van der Waals surface area contributed by atoms with Gasteiger partial charge in [-0.25, -0.2) is 0 Å². The van der Waals surface area contributed by atoms with Gasteiger partial charge in [-0.2, -0.15) is 0 Å². The van der Waals surface area contributed by atoms with Crippen LogP contribution >= 0.6 is 0 Å². The molecule has 0 aromatic rings. The van der Waals surface area contributed by atoms with E-state index in [0.29, 0.717) is 6.42 Å². The maximum Gasteiger partial charge on any atom is 0.110 e. The molecule has 0 amide bonds. The lowest BCUT2D eigenvalue weighted by molar-refractivity contribution is -0.145. The molecule has 1 aliphatic rings. The van der Waals surface area contributed by atoms with Crippen molar-refractivity contribution in [2.45, 2.75) is 51.6 Å². The summed E-state index contributed by atoms with van der Waals surface area (Å²) < 4.78 is 5.49. The molecular formula is C10H18O3. The molecule has 0 aromatic heterocycles. The number of aliphatic hydroxyl groups is 2. The van der Waals surface area contributed by atoms with E-state index in [1.807, 2.05) is 26.8 Å². The molecule has 13 heavy (non-hydrogen) atoms. The molecule has 2 N–H and O–H groups in total. The van der Waals surface area contributed by atoms with Crippen molar-refractivity contribution in [1.29, 1.82) is 0 Å². The van der Waals surface area contributed by atoms with Gasteiger partial charge in [0.2, 0.25) is 0 Å². The average Bonchev–Trinajstić information content (AvgIpc) is 1.98. The Labute approximate surface area is 79.0 Å². The Morgan fingerprint density at radius 2 is 2.00 bits per heavy atom. The lowest BCUT2D eigenvalue weighted by atomic mass is 9.97. The van der Waals surface area contributed by atoms with Gasteiger partial charge in [-0.05, 0) is 20.8 Å². The first-order chi connectivity index (χ1) is 6.00. The van der Waals surface area contributed by atoms with E-state index in [4.69, 9.17) is 4.74 Å². The van der Waals surface area contributed by atoms with Crippen LogP contribution in [0.4, 0.5) is 0 Å². The fraction of sp³-hybridized carbons (Fsp3) is 0.800. The number of hydrogen-bond acceptors (Lipinski definition) is 3. The van der Waals surface area contributed by atoms with Crippen LogP contribution in [0, 0.1) is 0 Å². The number of ether oxygens (including phenoxy) is 1. The van der Waals surface area contributed by atoms with Gasteiger partial charge < -0.3 is 14.9 Å². The van der Waals surface area contributed by atoms with Gasteiger partial charge in [-0.3, -0.25) is 0 Å². The lowest BCUT2D eigenvalue weighted by Crippen LogP contribution is -2.46. The molecule has 1 heterocycles. The molecule has 0 aromatic carbocycles. The van der Waals surface area contributed by atoms with E-state index in [1.165, 1.54) is 0 Å². The fourth-order valence-corrected chi connectivity index (χ4v) is 1.57. The topological polar surface area (TPSA) is 49.7 Å². The van der Waals surface area contributed by atoms with Gasteiger partial charge in [0.1, 0.15) is 12.2 Å². The Morgan fingerprint density at radius 3 is 2.54 bits per heavy atom. The van der Waals surface area contributed by atoms with Crippen LogP contribution in [0.25, 0.3) is 0 Å². The van der Waals surface area contributed by atoms with E-state index in [-0.39, 0.29) is 12.2 Å². The summed E-state index contributed by atoms with van der Waals surface area (Å²) >= 11 is 0. The summed E-state index contributed by atoms with van der Waals surface area (Å²) in [6.45, 7) is 5.80. The van der Waals surface area contributed by atoms with E-state index in [0.717, 1.165) is 5.57 Å². The number of aliphatic hydroxyl groups excluding tert-OH is 2. The summed E-state index contributed by atoms with van der Waals surface area (Å²) in [4.78, 5) is 0. The highest BCUT2D eigenvalue weighted by Crippen LogP contribution is 2.21. The molecule has 1 aliphatic heterocycles. The van der Waals surface area contributed by atoms with Crippen molar-refractivity contribution in [2.75, 3.05) is 0 Å². The third-order valence-electron chi connectivity index (χ3n) is 2.19. The molecule has 4 atom stereocenters. The number of hydrogen-bond donors (Lipinski definition) is 2. The highest BCUT2D eigenvalue weighted by atomic mass is 16.5. The predicted octanol–water partition coefficient (Wildman–Crippen LogP) is 0.852. The summed E-state index contributed by atoms with van der Waals surface area (Å²) in [5, 5.41) is 19.1. The Balaban J connectivity index is 2.66. The molecule has 0 aliphatic carbocycles. The summed E-state index contributed by atoms with van der Waals surface area (Å²) in [7, 11) is 0. The monoisotopic (exact) mass is 186 g/mol. The first kappa shape index (κ1) is 10.7. The molecule has 3 heteroatoms. The molecule has 1 fully saturated rings. The molecule has 76 valence electrons. The SMILES string of the molecule is CC(C)=C[C@H]1OC(C)C[C@@H](O)[C@H]1O. The molecule has 0 spiro atoms. The maximum absolute atomic E-state index is 9.58. The first-order valence-corrected chi connectivity index (χ1v) is 4.67. The van der Waals surface area contributed by atoms with Crippen LogP contribution < -0.4 is 0 Å². The third kappa shape index (κ3) is 2.79. The highest BCUT2D eigenvalue weighted by Gasteiger charge is 2.33. The van der Waals surface area contributed by atoms with E-state index in [1.54, 1.807) is 0 Å². The highest BCUT2D eigenvalue weighted by molar-refractivity contribution is 5.04. The van der Waals surface area contributed by atoms with Gasteiger partial charge >= 0.3 is 0 Å². The minimum atomic E-state index is -0.786. The Morgan fingerprint density at radius 1 is 1.38 bits per heavy atom. The van der Waals surface area contributed by atoms with Crippen molar-refractivity contribution in [2.24, 2.45) is 0 Å². The van der Waals surface area contributed by atoms with E-state index < -0.39 is 12.2 Å². The Bertz CT molecular complexity index is 196. The zero-order valence-electron chi connectivity index (χ0n) is 8.40. The lowest BCUT2D eigenvalue weighted by Gasteiger charge is -2.34. The smallest absolute Gasteiger partial charge is 0.110 e.